The molecule has 0 aliphatic carbocycles. The Morgan fingerprint density at radius 3 is 2.66 bits per heavy atom. The molecule has 0 bridgehead atoms. The molecule has 1 aliphatic rings. The maximum Gasteiger partial charge on any atom is 0.401 e. The third-order valence-electron chi connectivity index (χ3n) is 5.35. The van der Waals surface area contributed by atoms with Crippen molar-refractivity contribution >= 4 is 5.96 Å². The lowest BCUT2D eigenvalue weighted by atomic mass is 10.1. The highest BCUT2D eigenvalue weighted by Gasteiger charge is 2.33. The van der Waals surface area contributed by atoms with Crippen molar-refractivity contribution in [3.8, 4) is 0 Å². The SMILES string of the molecule is CCN(CC1CCN(C(=NC)NCC(c2cnn(C)c2)N(C)C)C1)CC(F)(F)F. The molecule has 2 unspecified atom stereocenters. The Kier molecular flexibility index (Phi) is 8.33. The summed E-state index contributed by atoms with van der Waals surface area (Å²) in [6, 6.07) is 0.140. The van der Waals surface area contributed by atoms with E-state index in [1.54, 1.807) is 18.7 Å². The quantitative estimate of drug-likeness (QED) is 0.517. The van der Waals surface area contributed by atoms with Crippen LogP contribution in [0, 0.1) is 5.92 Å². The highest BCUT2D eigenvalue weighted by Crippen LogP contribution is 2.22. The first-order chi connectivity index (χ1) is 13.6. The maximum atomic E-state index is 12.7. The summed E-state index contributed by atoms with van der Waals surface area (Å²) in [7, 11) is 7.68. The van der Waals surface area contributed by atoms with Crippen LogP contribution < -0.4 is 5.32 Å². The molecule has 2 heterocycles. The molecule has 29 heavy (non-hydrogen) atoms. The van der Waals surface area contributed by atoms with Gasteiger partial charge in [0.05, 0.1) is 18.8 Å². The van der Waals surface area contributed by atoms with E-state index in [2.05, 4.69) is 25.2 Å². The smallest absolute Gasteiger partial charge is 0.354 e. The number of hydrogen-bond acceptors (Lipinski definition) is 4. The number of nitrogens with zero attached hydrogens (tertiary/aromatic N) is 6. The minimum atomic E-state index is -4.15. The number of hydrogen-bond donors (Lipinski definition) is 1. The summed E-state index contributed by atoms with van der Waals surface area (Å²) in [5.74, 6) is 1.00. The first-order valence-electron chi connectivity index (χ1n) is 10.0. The van der Waals surface area contributed by atoms with Gasteiger partial charge in [0, 0.05) is 52.0 Å². The zero-order valence-corrected chi connectivity index (χ0v) is 18.1. The topological polar surface area (TPSA) is 51.9 Å². The Morgan fingerprint density at radius 2 is 2.14 bits per heavy atom. The number of likely N-dealkylation sites (tertiary alicyclic amines) is 1. The molecule has 1 aromatic rings. The normalized spacial score (nSPS) is 19.4. The molecule has 7 nitrogen and oxygen atoms in total. The molecule has 10 heteroatoms. The third-order valence-corrected chi connectivity index (χ3v) is 5.35. The number of halogens is 3. The Balaban J connectivity index is 1.90. The van der Waals surface area contributed by atoms with Crippen molar-refractivity contribution in [2.75, 3.05) is 60.4 Å². The number of likely N-dealkylation sites (N-methyl/N-ethyl adjacent to an activating group) is 1. The molecular weight excluding hydrogens is 383 g/mol. The zero-order chi connectivity index (χ0) is 21.6. The molecule has 1 fully saturated rings. The third kappa shape index (κ3) is 7.18. The fourth-order valence-electron chi connectivity index (χ4n) is 3.83. The van der Waals surface area contributed by atoms with Gasteiger partial charge in [0.15, 0.2) is 5.96 Å². The van der Waals surface area contributed by atoms with Crippen LogP contribution in [0.1, 0.15) is 24.9 Å². The van der Waals surface area contributed by atoms with Crippen molar-refractivity contribution in [1.82, 2.24) is 29.8 Å². The molecule has 2 atom stereocenters. The van der Waals surface area contributed by atoms with Gasteiger partial charge in [-0.15, -0.1) is 0 Å². The van der Waals surface area contributed by atoms with Crippen molar-refractivity contribution in [3.63, 3.8) is 0 Å². The monoisotopic (exact) mass is 417 g/mol. The van der Waals surface area contributed by atoms with E-state index < -0.39 is 12.7 Å². The van der Waals surface area contributed by atoms with Crippen molar-refractivity contribution in [2.24, 2.45) is 18.0 Å². The Bertz CT molecular complexity index is 656. The van der Waals surface area contributed by atoms with Crippen LogP contribution in [0.25, 0.3) is 0 Å². The largest absolute Gasteiger partial charge is 0.401 e. The van der Waals surface area contributed by atoms with Crippen LogP contribution in [0.4, 0.5) is 13.2 Å². The summed E-state index contributed by atoms with van der Waals surface area (Å²) in [5.41, 5.74) is 1.12. The predicted molar refractivity (Wildman–Crippen MR) is 109 cm³/mol. The van der Waals surface area contributed by atoms with Crippen LogP contribution in [0.2, 0.25) is 0 Å². The lowest BCUT2D eigenvalue weighted by molar-refractivity contribution is -0.146. The van der Waals surface area contributed by atoms with Crippen LogP contribution in [0.5, 0.6) is 0 Å². The summed E-state index contributed by atoms with van der Waals surface area (Å²) in [4.78, 5) is 10.1. The standard InChI is InChI=1S/C19H34F3N7/c1-6-28(14-19(20,21)22)11-15-7-8-29(12-15)18(23-2)24-10-17(26(3)4)16-9-25-27(5)13-16/h9,13,15,17H,6-8,10-12,14H2,1-5H3,(H,23,24). The number of aryl methyl sites for hydroxylation is 1. The van der Waals surface area contributed by atoms with E-state index in [4.69, 9.17) is 0 Å². The second kappa shape index (κ2) is 10.3. The Labute approximate surface area is 171 Å². The Hall–Kier alpha value is -1.81. The summed E-state index contributed by atoms with van der Waals surface area (Å²) < 4.78 is 39.9. The molecule has 166 valence electrons. The molecule has 1 aliphatic heterocycles. The number of guanidine groups is 1. The highest BCUT2D eigenvalue weighted by atomic mass is 19.4. The van der Waals surface area contributed by atoms with E-state index in [0.29, 0.717) is 26.2 Å². The molecule has 2 rings (SSSR count). The van der Waals surface area contributed by atoms with Gasteiger partial charge in [-0.25, -0.2) is 0 Å². The number of alkyl halides is 3. The lowest BCUT2D eigenvalue weighted by Gasteiger charge is -2.28. The molecule has 1 aromatic heterocycles. The van der Waals surface area contributed by atoms with Crippen molar-refractivity contribution in [1.29, 1.82) is 0 Å². The molecular formula is C19H34F3N7. The highest BCUT2D eigenvalue weighted by molar-refractivity contribution is 5.80. The molecule has 0 amide bonds. The van der Waals surface area contributed by atoms with Gasteiger partial charge in [-0.05, 0) is 33.0 Å². The second-order valence-corrected chi connectivity index (χ2v) is 7.90. The van der Waals surface area contributed by atoms with E-state index in [1.165, 1.54) is 4.90 Å². The predicted octanol–water partition coefficient (Wildman–Crippen LogP) is 1.80. The van der Waals surface area contributed by atoms with Gasteiger partial charge < -0.3 is 15.1 Å². The number of aliphatic imine (C=N–C) groups is 1. The van der Waals surface area contributed by atoms with E-state index >= 15 is 0 Å². The van der Waals surface area contributed by atoms with E-state index in [1.807, 2.05) is 33.5 Å². The second-order valence-electron chi connectivity index (χ2n) is 7.90. The fraction of sp³-hybridized carbons (Fsp3) is 0.789. The van der Waals surface area contributed by atoms with Gasteiger partial charge in [0.25, 0.3) is 0 Å². The lowest BCUT2D eigenvalue weighted by Crippen LogP contribution is -2.44. The molecule has 0 radical (unpaired) electrons. The summed E-state index contributed by atoms with van der Waals surface area (Å²) in [6.07, 6.45) is 0.579. The van der Waals surface area contributed by atoms with Gasteiger partial charge in [0.2, 0.25) is 0 Å². The van der Waals surface area contributed by atoms with Gasteiger partial charge in [-0.2, -0.15) is 18.3 Å². The minimum absolute atomic E-state index is 0.140. The summed E-state index contributed by atoms with van der Waals surface area (Å²) in [5, 5.41) is 7.68. The first-order valence-corrected chi connectivity index (χ1v) is 10.0. The van der Waals surface area contributed by atoms with Crippen LogP contribution >= 0.6 is 0 Å². The van der Waals surface area contributed by atoms with Gasteiger partial charge in [-0.1, -0.05) is 6.92 Å². The fourth-order valence-corrected chi connectivity index (χ4v) is 3.83. The first kappa shape index (κ1) is 23.5. The van der Waals surface area contributed by atoms with Crippen molar-refractivity contribution in [3.05, 3.63) is 18.0 Å². The Morgan fingerprint density at radius 1 is 1.41 bits per heavy atom. The van der Waals surface area contributed by atoms with E-state index in [0.717, 1.165) is 24.5 Å². The number of nitrogens with one attached hydrogen (secondary N) is 1. The van der Waals surface area contributed by atoms with Gasteiger partial charge in [-0.3, -0.25) is 14.6 Å². The summed E-state index contributed by atoms with van der Waals surface area (Å²) in [6.45, 7) is 3.97. The molecule has 0 aromatic carbocycles. The van der Waals surface area contributed by atoms with Crippen LogP contribution in [-0.2, 0) is 7.05 Å². The zero-order valence-electron chi connectivity index (χ0n) is 18.1. The average Bonchev–Trinajstić information content (AvgIpc) is 3.26. The molecule has 0 spiro atoms. The van der Waals surface area contributed by atoms with Crippen molar-refractivity contribution in [2.45, 2.75) is 25.6 Å². The van der Waals surface area contributed by atoms with Gasteiger partial charge >= 0.3 is 6.18 Å². The van der Waals surface area contributed by atoms with Crippen LogP contribution in [-0.4, -0.2) is 97.0 Å². The van der Waals surface area contributed by atoms with Gasteiger partial charge in [0.1, 0.15) is 0 Å². The molecule has 1 saturated heterocycles. The number of rotatable bonds is 8. The number of aromatic nitrogens is 2. The maximum absolute atomic E-state index is 12.7. The van der Waals surface area contributed by atoms with E-state index in [9.17, 15) is 13.2 Å². The molecule has 0 saturated carbocycles. The van der Waals surface area contributed by atoms with E-state index in [-0.39, 0.29) is 12.0 Å². The van der Waals surface area contributed by atoms with Crippen LogP contribution in [0.15, 0.2) is 17.4 Å². The van der Waals surface area contributed by atoms with Crippen LogP contribution in [0.3, 0.4) is 0 Å². The summed E-state index contributed by atoms with van der Waals surface area (Å²) >= 11 is 0. The molecule has 1 N–H and O–H groups in total. The van der Waals surface area contributed by atoms with Crippen molar-refractivity contribution < 1.29 is 13.2 Å². The minimum Gasteiger partial charge on any atom is -0.354 e. The average molecular weight is 418 g/mol.